The van der Waals surface area contributed by atoms with Gasteiger partial charge in [-0.3, -0.25) is 0 Å². The summed E-state index contributed by atoms with van der Waals surface area (Å²) in [5.41, 5.74) is 0. The van der Waals surface area contributed by atoms with Crippen molar-refractivity contribution in [3.05, 3.63) is 0 Å². The molecule has 0 N–H and O–H groups in total. The van der Waals surface area contributed by atoms with Gasteiger partial charge in [0.25, 0.3) is 0 Å². The van der Waals surface area contributed by atoms with Crippen LogP contribution in [0.1, 0.15) is 0 Å². The minimum absolute atomic E-state index is 4.06. The normalized spacial score (nSPS) is 34.0. The van der Waals surface area contributed by atoms with Crippen LogP contribution in [0.25, 0.3) is 0 Å². The van der Waals surface area contributed by atoms with Crippen molar-refractivity contribution in [1.82, 2.24) is 0 Å². The molecule has 1 aliphatic rings. The van der Waals surface area contributed by atoms with Gasteiger partial charge in [0, 0.05) is 0 Å². The molecule has 0 aromatic rings. The average molecular weight is 166 g/mol. The second kappa shape index (κ2) is 1.19. The first-order chi connectivity index (χ1) is 3.75. The van der Waals surface area contributed by atoms with Crippen LogP contribution in [0, 0.1) is 0 Å². The SMILES string of the molecule is FC1(F)C(F)(F)C1(F)Cl. The van der Waals surface area contributed by atoms with E-state index in [-0.39, 0.29) is 0 Å². The molecule has 6 heteroatoms. The fourth-order valence-corrected chi connectivity index (χ4v) is 0.546. The van der Waals surface area contributed by atoms with Crippen LogP contribution in [0.2, 0.25) is 0 Å². The molecule has 1 saturated carbocycles. The lowest BCUT2D eigenvalue weighted by Crippen LogP contribution is -2.02. The number of rotatable bonds is 0. The van der Waals surface area contributed by atoms with E-state index >= 15 is 0 Å². The summed E-state index contributed by atoms with van der Waals surface area (Å²) in [6, 6.07) is 0. The van der Waals surface area contributed by atoms with Crippen molar-refractivity contribution in [1.29, 1.82) is 0 Å². The van der Waals surface area contributed by atoms with Gasteiger partial charge in [0.15, 0.2) is 0 Å². The van der Waals surface area contributed by atoms with Crippen molar-refractivity contribution < 1.29 is 22.0 Å². The molecule has 0 atom stereocenters. The van der Waals surface area contributed by atoms with Crippen LogP contribution in [-0.4, -0.2) is 17.0 Å². The molecule has 1 aliphatic carbocycles. The van der Waals surface area contributed by atoms with E-state index in [9.17, 15) is 22.0 Å². The van der Waals surface area contributed by atoms with Gasteiger partial charge in [0.1, 0.15) is 0 Å². The highest BCUT2D eigenvalue weighted by Crippen LogP contribution is 2.70. The molecule has 0 radical (unpaired) electrons. The number of alkyl halides is 6. The van der Waals surface area contributed by atoms with Crippen molar-refractivity contribution in [3.63, 3.8) is 0 Å². The predicted molar refractivity (Wildman–Crippen MR) is 19.6 cm³/mol. The molecule has 0 aromatic carbocycles. The largest absolute Gasteiger partial charge is 0.368 e. The van der Waals surface area contributed by atoms with Gasteiger partial charge in [-0.2, -0.15) is 17.6 Å². The molecular weight excluding hydrogens is 166 g/mol. The number of hydrogen-bond acceptors (Lipinski definition) is 0. The van der Waals surface area contributed by atoms with Gasteiger partial charge in [-0.25, -0.2) is 4.39 Å². The maximum absolute atomic E-state index is 11.6. The third kappa shape index (κ3) is 0.450. The van der Waals surface area contributed by atoms with Crippen molar-refractivity contribution in [2.24, 2.45) is 0 Å². The van der Waals surface area contributed by atoms with Crippen LogP contribution in [-0.2, 0) is 0 Å². The fraction of sp³-hybridized carbons (Fsp3) is 1.00. The zero-order valence-corrected chi connectivity index (χ0v) is 4.52. The Balaban J connectivity index is 2.91. The Hall–Kier alpha value is -0.0600. The van der Waals surface area contributed by atoms with Crippen molar-refractivity contribution in [2.75, 3.05) is 0 Å². The highest BCUT2D eigenvalue weighted by molar-refractivity contribution is 6.27. The van der Waals surface area contributed by atoms with Crippen LogP contribution < -0.4 is 0 Å². The standard InChI is InChI=1S/C3ClF5/c4-1(5)2(6,7)3(1,8)9. The molecular formula is C3ClF5. The fourth-order valence-electron chi connectivity index (χ4n) is 0.356. The molecule has 0 spiro atoms. The van der Waals surface area contributed by atoms with E-state index in [4.69, 9.17) is 0 Å². The molecule has 1 fully saturated rings. The van der Waals surface area contributed by atoms with E-state index in [1.165, 1.54) is 0 Å². The summed E-state index contributed by atoms with van der Waals surface area (Å²) in [5.74, 6) is -9.39. The highest BCUT2D eigenvalue weighted by atomic mass is 35.5. The van der Waals surface area contributed by atoms with E-state index in [2.05, 4.69) is 11.6 Å². The Bertz CT molecular complexity index is 110. The van der Waals surface area contributed by atoms with Crippen molar-refractivity contribution in [2.45, 2.75) is 17.0 Å². The van der Waals surface area contributed by atoms with E-state index in [0.717, 1.165) is 0 Å². The molecule has 0 nitrogen and oxygen atoms in total. The second-order valence-electron chi connectivity index (χ2n) is 1.72. The molecule has 0 amide bonds. The molecule has 0 bridgehead atoms. The van der Waals surface area contributed by atoms with Crippen molar-refractivity contribution >= 4 is 11.6 Å². The summed E-state index contributed by atoms with van der Waals surface area (Å²) in [7, 11) is 0. The Morgan fingerprint density at radius 3 is 0.889 bits per heavy atom. The lowest BCUT2D eigenvalue weighted by atomic mass is 10.8. The molecule has 0 unspecified atom stereocenters. The first kappa shape index (κ1) is 7.05. The maximum atomic E-state index is 11.6. The summed E-state index contributed by atoms with van der Waals surface area (Å²) in [5, 5.41) is -4.15. The second-order valence-corrected chi connectivity index (χ2v) is 2.24. The molecule has 0 aliphatic heterocycles. The quantitative estimate of drug-likeness (QED) is 0.382. The summed E-state index contributed by atoms with van der Waals surface area (Å²) < 4.78 is 57.3. The molecule has 54 valence electrons. The lowest BCUT2D eigenvalue weighted by Gasteiger charge is -1.85. The lowest BCUT2D eigenvalue weighted by molar-refractivity contribution is -0.0278. The van der Waals surface area contributed by atoms with Crippen molar-refractivity contribution in [3.8, 4) is 0 Å². The Morgan fingerprint density at radius 1 is 0.778 bits per heavy atom. The van der Waals surface area contributed by atoms with Crippen LogP contribution in [0.4, 0.5) is 22.0 Å². The zero-order valence-electron chi connectivity index (χ0n) is 3.77. The number of halogens is 6. The van der Waals surface area contributed by atoms with Gasteiger partial charge in [-0.05, 0) is 0 Å². The topological polar surface area (TPSA) is 0 Å². The van der Waals surface area contributed by atoms with E-state index in [1.54, 1.807) is 0 Å². The smallest absolute Gasteiger partial charge is 0.212 e. The van der Waals surface area contributed by atoms with Crippen LogP contribution in [0.5, 0.6) is 0 Å². The molecule has 0 heterocycles. The molecule has 0 saturated heterocycles. The summed E-state index contributed by atoms with van der Waals surface area (Å²) in [4.78, 5) is 0. The van der Waals surface area contributed by atoms with Crippen LogP contribution >= 0.6 is 11.6 Å². The predicted octanol–water partition coefficient (Wildman–Crippen LogP) is 2.18. The van der Waals surface area contributed by atoms with Crippen LogP contribution in [0.3, 0.4) is 0 Å². The Morgan fingerprint density at radius 2 is 0.889 bits per heavy atom. The molecule has 9 heavy (non-hydrogen) atoms. The average Bonchev–Trinajstić information content (AvgIpc) is 1.84. The van der Waals surface area contributed by atoms with Gasteiger partial charge in [0.2, 0.25) is 0 Å². The number of hydrogen-bond donors (Lipinski definition) is 0. The maximum Gasteiger partial charge on any atom is 0.368 e. The summed E-state index contributed by atoms with van der Waals surface area (Å²) >= 11 is 4.06. The minimum atomic E-state index is -4.69. The minimum Gasteiger partial charge on any atom is -0.212 e. The van der Waals surface area contributed by atoms with Gasteiger partial charge in [-0.1, -0.05) is 11.6 Å². The van der Waals surface area contributed by atoms with Gasteiger partial charge < -0.3 is 0 Å². The molecule has 0 aromatic heterocycles. The summed E-state index contributed by atoms with van der Waals surface area (Å²) in [6.45, 7) is 0. The Kier molecular flexibility index (Phi) is 0.931. The molecule has 1 rings (SSSR count). The van der Waals surface area contributed by atoms with Crippen LogP contribution in [0.15, 0.2) is 0 Å². The third-order valence-corrected chi connectivity index (χ3v) is 1.60. The monoisotopic (exact) mass is 166 g/mol. The van der Waals surface area contributed by atoms with E-state index < -0.39 is 17.0 Å². The first-order valence-corrected chi connectivity index (χ1v) is 2.26. The Labute approximate surface area is 51.6 Å². The third-order valence-electron chi connectivity index (χ3n) is 1.12. The highest BCUT2D eigenvalue weighted by Gasteiger charge is 2.99. The summed E-state index contributed by atoms with van der Waals surface area (Å²) in [6.07, 6.45) is 0. The van der Waals surface area contributed by atoms with Gasteiger partial charge in [-0.15, -0.1) is 0 Å². The van der Waals surface area contributed by atoms with Gasteiger partial charge in [0.05, 0.1) is 0 Å². The van der Waals surface area contributed by atoms with E-state index in [0.29, 0.717) is 0 Å². The van der Waals surface area contributed by atoms with Gasteiger partial charge >= 0.3 is 17.0 Å². The first-order valence-electron chi connectivity index (χ1n) is 1.88. The zero-order chi connectivity index (χ0) is 7.50. The van der Waals surface area contributed by atoms with E-state index in [1.807, 2.05) is 0 Å².